The lowest BCUT2D eigenvalue weighted by Crippen LogP contribution is -2.08. The lowest BCUT2D eigenvalue weighted by Gasteiger charge is -2.15. The molecule has 2 aromatic rings. The molecule has 0 bridgehead atoms. The molecule has 4 nitrogen and oxygen atoms in total. The number of phenols is 1. The van der Waals surface area contributed by atoms with Gasteiger partial charge < -0.3 is 19.9 Å². The summed E-state index contributed by atoms with van der Waals surface area (Å²) in [5.74, 6) is 0.422. The minimum Gasteiger partial charge on any atom is -0.508 e. The quantitative estimate of drug-likeness (QED) is 0.799. The predicted molar refractivity (Wildman–Crippen MR) is 75.1 cm³/mol. The average Bonchev–Trinajstić information content (AvgIpc) is 2.47. The molecule has 0 radical (unpaired) electrons. The molecule has 0 aliphatic carbocycles. The standard InChI is InChI=1S/C15H15F2NO3/c1-20-13-4-2-3-10(14(13)21-15(16)17)9-18-11-5-7-12(19)8-6-11/h2-8,15,18-19H,9H2,1H3. The van der Waals surface area contributed by atoms with E-state index in [1.54, 1.807) is 30.3 Å². The summed E-state index contributed by atoms with van der Waals surface area (Å²) in [6, 6.07) is 11.4. The summed E-state index contributed by atoms with van der Waals surface area (Å²) >= 11 is 0. The van der Waals surface area contributed by atoms with Gasteiger partial charge in [-0.15, -0.1) is 0 Å². The van der Waals surface area contributed by atoms with Gasteiger partial charge in [0.15, 0.2) is 11.5 Å². The number of ether oxygens (including phenoxy) is 2. The molecule has 0 aliphatic heterocycles. The molecule has 112 valence electrons. The van der Waals surface area contributed by atoms with Crippen molar-refractivity contribution in [1.82, 2.24) is 0 Å². The Hall–Kier alpha value is -2.50. The lowest BCUT2D eigenvalue weighted by molar-refractivity contribution is -0.0517. The summed E-state index contributed by atoms with van der Waals surface area (Å²) in [5.41, 5.74) is 1.29. The number of benzene rings is 2. The van der Waals surface area contributed by atoms with Gasteiger partial charge in [-0.2, -0.15) is 8.78 Å². The Morgan fingerprint density at radius 1 is 1.14 bits per heavy atom. The van der Waals surface area contributed by atoms with Crippen molar-refractivity contribution in [1.29, 1.82) is 0 Å². The van der Waals surface area contributed by atoms with Gasteiger partial charge in [0.05, 0.1) is 7.11 Å². The number of hydrogen-bond acceptors (Lipinski definition) is 4. The molecular weight excluding hydrogens is 280 g/mol. The number of nitrogens with one attached hydrogen (secondary N) is 1. The number of phenolic OH excluding ortho intramolecular Hbond substituents is 1. The summed E-state index contributed by atoms with van der Waals surface area (Å²) in [5, 5.41) is 12.3. The topological polar surface area (TPSA) is 50.7 Å². The largest absolute Gasteiger partial charge is 0.508 e. The first-order valence-electron chi connectivity index (χ1n) is 6.23. The molecule has 0 atom stereocenters. The normalized spacial score (nSPS) is 10.5. The van der Waals surface area contributed by atoms with E-state index in [1.165, 1.54) is 19.2 Å². The maximum absolute atomic E-state index is 12.5. The minimum atomic E-state index is -2.92. The second kappa shape index (κ2) is 6.78. The Balaban J connectivity index is 2.16. The lowest BCUT2D eigenvalue weighted by atomic mass is 10.1. The molecule has 0 unspecified atom stereocenters. The number of para-hydroxylation sites is 1. The Labute approximate surface area is 120 Å². The maximum Gasteiger partial charge on any atom is 0.387 e. The molecule has 0 fully saturated rings. The van der Waals surface area contributed by atoms with Crippen LogP contribution in [0.25, 0.3) is 0 Å². The summed E-state index contributed by atoms with van der Waals surface area (Å²) in [4.78, 5) is 0. The average molecular weight is 295 g/mol. The van der Waals surface area contributed by atoms with E-state index < -0.39 is 6.61 Å². The van der Waals surface area contributed by atoms with Gasteiger partial charge in [-0.25, -0.2) is 0 Å². The van der Waals surface area contributed by atoms with E-state index >= 15 is 0 Å². The van der Waals surface area contributed by atoms with E-state index in [0.29, 0.717) is 5.56 Å². The van der Waals surface area contributed by atoms with Crippen LogP contribution in [0.5, 0.6) is 17.2 Å². The number of methoxy groups -OCH3 is 1. The van der Waals surface area contributed by atoms with Crippen LogP contribution in [0.4, 0.5) is 14.5 Å². The van der Waals surface area contributed by atoms with Gasteiger partial charge >= 0.3 is 6.61 Å². The first kappa shape index (κ1) is 14.9. The fraction of sp³-hybridized carbons (Fsp3) is 0.200. The van der Waals surface area contributed by atoms with Crippen LogP contribution in [-0.2, 0) is 6.54 Å². The smallest absolute Gasteiger partial charge is 0.387 e. The Kier molecular flexibility index (Phi) is 4.81. The number of aromatic hydroxyl groups is 1. The van der Waals surface area contributed by atoms with Gasteiger partial charge in [0.2, 0.25) is 0 Å². The van der Waals surface area contributed by atoms with Crippen LogP contribution < -0.4 is 14.8 Å². The molecule has 0 aromatic heterocycles. The number of hydrogen-bond donors (Lipinski definition) is 2. The summed E-state index contributed by atoms with van der Waals surface area (Å²) in [6.45, 7) is -2.64. The van der Waals surface area contributed by atoms with E-state index in [1.807, 2.05) is 0 Å². The maximum atomic E-state index is 12.5. The number of anilines is 1. The van der Waals surface area contributed by atoms with Crippen molar-refractivity contribution in [3.8, 4) is 17.2 Å². The van der Waals surface area contributed by atoms with Gasteiger partial charge in [-0.3, -0.25) is 0 Å². The highest BCUT2D eigenvalue weighted by molar-refractivity contribution is 5.51. The molecular formula is C15H15F2NO3. The van der Waals surface area contributed by atoms with Crippen LogP contribution in [0, 0.1) is 0 Å². The van der Waals surface area contributed by atoms with E-state index in [4.69, 9.17) is 4.74 Å². The second-order valence-electron chi connectivity index (χ2n) is 4.23. The molecule has 0 saturated heterocycles. The van der Waals surface area contributed by atoms with E-state index in [0.717, 1.165) is 5.69 Å². The van der Waals surface area contributed by atoms with Crippen molar-refractivity contribution in [3.05, 3.63) is 48.0 Å². The van der Waals surface area contributed by atoms with Crippen LogP contribution in [0.3, 0.4) is 0 Å². The predicted octanol–water partition coefficient (Wildman–Crippen LogP) is 3.61. The second-order valence-corrected chi connectivity index (χ2v) is 4.23. The fourth-order valence-electron chi connectivity index (χ4n) is 1.86. The summed E-state index contributed by atoms with van der Waals surface area (Å²) in [6.07, 6.45) is 0. The highest BCUT2D eigenvalue weighted by atomic mass is 19.3. The number of alkyl halides is 2. The number of rotatable bonds is 6. The molecule has 0 amide bonds. The summed E-state index contributed by atoms with van der Waals surface area (Å²) in [7, 11) is 1.39. The minimum absolute atomic E-state index is 0.0151. The Morgan fingerprint density at radius 3 is 2.48 bits per heavy atom. The monoisotopic (exact) mass is 295 g/mol. The van der Waals surface area contributed by atoms with Gasteiger partial charge in [-0.1, -0.05) is 12.1 Å². The van der Waals surface area contributed by atoms with Crippen LogP contribution in [0.2, 0.25) is 0 Å². The summed E-state index contributed by atoms with van der Waals surface area (Å²) < 4.78 is 34.6. The van der Waals surface area contributed by atoms with Crippen LogP contribution >= 0.6 is 0 Å². The zero-order valence-electron chi connectivity index (χ0n) is 11.3. The SMILES string of the molecule is COc1cccc(CNc2ccc(O)cc2)c1OC(F)F. The van der Waals surface area contributed by atoms with Crippen LogP contribution in [0.1, 0.15) is 5.56 Å². The van der Waals surface area contributed by atoms with Crippen molar-refractivity contribution >= 4 is 5.69 Å². The third-order valence-electron chi connectivity index (χ3n) is 2.84. The van der Waals surface area contributed by atoms with Crippen molar-refractivity contribution in [2.75, 3.05) is 12.4 Å². The van der Waals surface area contributed by atoms with Crippen molar-refractivity contribution in [3.63, 3.8) is 0 Å². The van der Waals surface area contributed by atoms with Crippen molar-refractivity contribution in [2.24, 2.45) is 0 Å². The molecule has 21 heavy (non-hydrogen) atoms. The molecule has 2 aromatic carbocycles. The van der Waals surface area contributed by atoms with Gasteiger partial charge in [0.25, 0.3) is 0 Å². The third-order valence-corrected chi connectivity index (χ3v) is 2.84. The zero-order valence-corrected chi connectivity index (χ0v) is 11.3. The number of halogens is 2. The molecule has 2 N–H and O–H groups in total. The molecule has 0 spiro atoms. The van der Waals surface area contributed by atoms with Crippen molar-refractivity contribution in [2.45, 2.75) is 13.2 Å². The van der Waals surface area contributed by atoms with E-state index in [-0.39, 0.29) is 23.8 Å². The molecule has 0 saturated carbocycles. The molecule has 0 heterocycles. The van der Waals surface area contributed by atoms with Crippen LogP contribution in [0.15, 0.2) is 42.5 Å². The first-order valence-corrected chi connectivity index (χ1v) is 6.23. The fourth-order valence-corrected chi connectivity index (χ4v) is 1.86. The Morgan fingerprint density at radius 2 is 1.86 bits per heavy atom. The Bertz CT molecular complexity index is 588. The highest BCUT2D eigenvalue weighted by Crippen LogP contribution is 2.33. The first-order chi connectivity index (χ1) is 10.1. The van der Waals surface area contributed by atoms with E-state index in [2.05, 4.69) is 10.1 Å². The van der Waals surface area contributed by atoms with E-state index in [9.17, 15) is 13.9 Å². The zero-order chi connectivity index (χ0) is 15.2. The third kappa shape index (κ3) is 3.98. The van der Waals surface area contributed by atoms with Gasteiger partial charge in [0.1, 0.15) is 5.75 Å². The molecule has 6 heteroatoms. The molecule has 0 aliphatic rings. The van der Waals surface area contributed by atoms with Gasteiger partial charge in [-0.05, 0) is 30.3 Å². The van der Waals surface area contributed by atoms with Gasteiger partial charge in [0, 0.05) is 17.8 Å². The highest BCUT2D eigenvalue weighted by Gasteiger charge is 2.15. The molecule has 2 rings (SSSR count). The van der Waals surface area contributed by atoms with Crippen LogP contribution in [-0.4, -0.2) is 18.8 Å². The van der Waals surface area contributed by atoms with Crippen molar-refractivity contribution < 1.29 is 23.4 Å².